The van der Waals surface area contributed by atoms with Crippen LogP contribution in [0.25, 0.3) is 0 Å². The number of aliphatic hydroxyl groups is 1. The first-order valence-electron chi connectivity index (χ1n) is 6.81. The minimum absolute atomic E-state index is 0.328. The fraction of sp³-hybridized carbons (Fsp3) is 0.467. The van der Waals surface area contributed by atoms with Gasteiger partial charge in [0, 0.05) is 19.2 Å². The molecule has 4 nitrogen and oxygen atoms in total. The average Bonchev–Trinajstić information content (AvgIpc) is 2.39. The molecular formula is C15H18FNO3S. The first-order chi connectivity index (χ1) is 9.95. The Labute approximate surface area is 124 Å². The van der Waals surface area contributed by atoms with Crippen molar-refractivity contribution < 1.29 is 17.9 Å². The highest BCUT2D eigenvalue weighted by molar-refractivity contribution is 7.89. The van der Waals surface area contributed by atoms with Gasteiger partial charge in [0.05, 0.1) is 0 Å². The van der Waals surface area contributed by atoms with E-state index < -0.39 is 15.8 Å². The maximum absolute atomic E-state index is 14.0. The summed E-state index contributed by atoms with van der Waals surface area (Å²) < 4.78 is 40.0. The van der Waals surface area contributed by atoms with Crippen LogP contribution in [0.15, 0.2) is 23.1 Å². The van der Waals surface area contributed by atoms with Gasteiger partial charge in [0.2, 0.25) is 10.0 Å². The predicted octanol–water partition coefficient (Wildman–Crippen LogP) is 1.59. The Morgan fingerprint density at radius 2 is 2.14 bits per heavy atom. The molecule has 0 bridgehead atoms. The van der Waals surface area contributed by atoms with Crippen LogP contribution in [-0.2, 0) is 10.0 Å². The highest BCUT2D eigenvalue weighted by Crippen LogP contribution is 2.29. The standard InChI is InChI=1S/C15H18FNO3S/c1-17(11-13-4-2-5-13)21(19,20)15-8-7-12(6-3-9-18)10-14(15)16/h7-8,10,13,18H,2,4-5,9,11H2,1H3. The average molecular weight is 311 g/mol. The predicted molar refractivity (Wildman–Crippen MR) is 77.5 cm³/mol. The van der Waals surface area contributed by atoms with E-state index in [0.29, 0.717) is 18.0 Å². The molecule has 1 saturated carbocycles. The van der Waals surface area contributed by atoms with Crippen LogP contribution in [0.4, 0.5) is 4.39 Å². The number of hydrogen-bond donors (Lipinski definition) is 1. The molecule has 1 aliphatic rings. The second-order valence-corrected chi connectivity index (χ2v) is 7.20. The third kappa shape index (κ3) is 3.62. The second kappa shape index (κ2) is 6.56. The van der Waals surface area contributed by atoms with E-state index in [1.54, 1.807) is 0 Å². The lowest BCUT2D eigenvalue weighted by molar-refractivity contribution is 0.262. The van der Waals surface area contributed by atoms with Gasteiger partial charge in [-0.3, -0.25) is 0 Å². The molecule has 21 heavy (non-hydrogen) atoms. The van der Waals surface area contributed by atoms with Crippen molar-refractivity contribution in [2.24, 2.45) is 5.92 Å². The lowest BCUT2D eigenvalue weighted by Gasteiger charge is -2.29. The molecule has 1 N–H and O–H groups in total. The van der Waals surface area contributed by atoms with Gasteiger partial charge in [-0.05, 0) is 37.0 Å². The van der Waals surface area contributed by atoms with Gasteiger partial charge >= 0.3 is 0 Å². The van der Waals surface area contributed by atoms with Crippen LogP contribution in [0.1, 0.15) is 24.8 Å². The molecule has 1 aromatic carbocycles. The molecule has 114 valence electrons. The molecule has 0 saturated heterocycles. The Hall–Kier alpha value is -1.42. The topological polar surface area (TPSA) is 57.6 Å². The summed E-state index contributed by atoms with van der Waals surface area (Å²) >= 11 is 0. The lowest BCUT2D eigenvalue weighted by atomic mass is 9.86. The number of halogens is 1. The Morgan fingerprint density at radius 3 is 2.67 bits per heavy atom. The van der Waals surface area contributed by atoms with Crippen molar-refractivity contribution in [3.05, 3.63) is 29.6 Å². The molecule has 0 amide bonds. The highest BCUT2D eigenvalue weighted by atomic mass is 32.2. The summed E-state index contributed by atoms with van der Waals surface area (Å²) in [6, 6.07) is 3.74. The Morgan fingerprint density at radius 1 is 1.43 bits per heavy atom. The fourth-order valence-corrected chi connectivity index (χ4v) is 3.52. The number of aliphatic hydroxyl groups excluding tert-OH is 1. The molecule has 1 fully saturated rings. The van der Waals surface area contributed by atoms with Gasteiger partial charge in [0.15, 0.2) is 0 Å². The molecule has 6 heteroatoms. The van der Waals surface area contributed by atoms with Gasteiger partial charge in [-0.1, -0.05) is 18.3 Å². The van der Waals surface area contributed by atoms with Gasteiger partial charge < -0.3 is 5.11 Å². The number of sulfonamides is 1. The maximum atomic E-state index is 14.0. The lowest BCUT2D eigenvalue weighted by Crippen LogP contribution is -2.34. The minimum atomic E-state index is -3.82. The molecule has 0 aromatic heterocycles. The summed E-state index contributed by atoms with van der Waals surface area (Å²) in [5.41, 5.74) is 0.335. The largest absolute Gasteiger partial charge is 0.384 e. The van der Waals surface area contributed by atoms with E-state index in [4.69, 9.17) is 5.11 Å². The van der Waals surface area contributed by atoms with Gasteiger partial charge in [-0.2, -0.15) is 0 Å². The number of benzene rings is 1. The summed E-state index contributed by atoms with van der Waals surface area (Å²) in [6.45, 7) is 0.0969. The summed E-state index contributed by atoms with van der Waals surface area (Å²) in [5.74, 6) is 4.50. The summed E-state index contributed by atoms with van der Waals surface area (Å²) in [6.07, 6.45) is 3.18. The van der Waals surface area contributed by atoms with Crippen LogP contribution in [0.2, 0.25) is 0 Å². The van der Waals surface area contributed by atoms with Crippen molar-refractivity contribution in [3.63, 3.8) is 0 Å². The molecule has 0 heterocycles. The normalized spacial score (nSPS) is 15.4. The molecule has 0 aliphatic heterocycles. The SMILES string of the molecule is CN(CC1CCC1)S(=O)(=O)c1ccc(C#CCO)cc1F. The van der Waals surface area contributed by atoms with Crippen LogP contribution in [0, 0.1) is 23.6 Å². The van der Waals surface area contributed by atoms with Crippen LogP contribution in [0.5, 0.6) is 0 Å². The van der Waals surface area contributed by atoms with Gasteiger partial charge in [-0.15, -0.1) is 0 Å². The second-order valence-electron chi connectivity index (χ2n) is 5.19. The number of hydrogen-bond acceptors (Lipinski definition) is 3. The van der Waals surface area contributed by atoms with Crippen molar-refractivity contribution in [1.82, 2.24) is 4.31 Å². The Kier molecular flexibility index (Phi) is 4.99. The molecule has 0 radical (unpaired) electrons. The third-order valence-corrected chi connectivity index (χ3v) is 5.53. The van der Waals surface area contributed by atoms with Crippen molar-refractivity contribution in [2.75, 3.05) is 20.2 Å². The van der Waals surface area contributed by atoms with Crippen LogP contribution in [-0.4, -0.2) is 38.0 Å². The van der Waals surface area contributed by atoms with E-state index in [0.717, 1.165) is 25.3 Å². The first-order valence-corrected chi connectivity index (χ1v) is 8.25. The smallest absolute Gasteiger partial charge is 0.245 e. The van der Waals surface area contributed by atoms with E-state index in [-0.39, 0.29) is 11.5 Å². The molecule has 1 aliphatic carbocycles. The Bertz CT molecular complexity index is 672. The van der Waals surface area contributed by atoms with E-state index in [9.17, 15) is 12.8 Å². The Balaban J connectivity index is 2.22. The molecular weight excluding hydrogens is 293 g/mol. The molecule has 1 aromatic rings. The fourth-order valence-electron chi connectivity index (χ4n) is 2.23. The summed E-state index contributed by atoms with van der Waals surface area (Å²) in [7, 11) is -2.34. The van der Waals surface area contributed by atoms with Crippen LogP contribution in [0.3, 0.4) is 0 Å². The number of nitrogens with zero attached hydrogens (tertiary/aromatic N) is 1. The summed E-state index contributed by atoms with van der Waals surface area (Å²) in [5, 5.41) is 8.60. The zero-order chi connectivity index (χ0) is 15.5. The van der Waals surface area contributed by atoms with Crippen molar-refractivity contribution >= 4 is 10.0 Å². The monoisotopic (exact) mass is 311 g/mol. The zero-order valence-electron chi connectivity index (χ0n) is 11.8. The first kappa shape index (κ1) is 16.0. The van der Waals surface area contributed by atoms with Crippen LogP contribution < -0.4 is 0 Å². The van der Waals surface area contributed by atoms with E-state index >= 15 is 0 Å². The number of rotatable bonds is 4. The third-order valence-electron chi connectivity index (χ3n) is 3.67. The van der Waals surface area contributed by atoms with Crippen LogP contribution >= 0.6 is 0 Å². The quantitative estimate of drug-likeness (QED) is 0.859. The van der Waals surface area contributed by atoms with Gasteiger partial charge in [0.1, 0.15) is 17.3 Å². The zero-order valence-corrected chi connectivity index (χ0v) is 12.7. The molecule has 2 rings (SSSR count). The summed E-state index contributed by atoms with van der Waals surface area (Å²) in [4.78, 5) is -0.334. The van der Waals surface area contributed by atoms with E-state index in [2.05, 4.69) is 11.8 Å². The van der Waals surface area contributed by atoms with Gasteiger partial charge in [-0.25, -0.2) is 17.1 Å². The van der Waals surface area contributed by atoms with Crippen molar-refractivity contribution in [3.8, 4) is 11.8 Å². The molecule has 0 spiro atoms. The van der Waals surface area contributed by atoms with Gasteiger partial charge in [0.25, 0.3) is 0 Å². The van der Waals surface area contributed by atoms with E-state index in [1.165, 1.54) is 23.5 Å². The minimum Gasteiger partial charge on any atom is -0.384 e. The maximum Gasteiger partial charge on any atom is 0.245 e. The molecule has 0 unspecified atom stereocenters. The van der Waals surface area contributed by atoms with Crippen molar-refractivity contribution in [1.29, 1.82) is 0 Å². The van der Waals surface area contributed by atoms with Crippen molar-refractivity contribution in [2.45, 2.75) is 24.2 Å². The van der Waals surface area contributed by atoms with E-state index in [1.807, 2.05) is 0 Å². The highest BCUT2D eigenvalue weighted by Gasteiger charge is 2.28. The molecule has 0 atom stereocenters.